The first-order chi connectivity index (χ1) is 14.1. The molecule has 1 amide bonds. The topological polar surface area (TPSA) is 86.4 Å². The number of likely N-dealkylation sites (N-methyl/N-ethyl adjacent to an activating group) is 1. The zero-order chi connectivity index (χ0) is 20.2. The lowest BCUT2D eigenvalue weighted by Gasteiger charge is -2.34. The van der Waals surface area contributed by atoms with Gasteiger partial charge in [0.15, 0.2) is 0 Å². The number of nitrogens with one attached hydrogen (secondary N) is 2. The van der Waals surface area contributed by atoms with Crippen molar-refractivity contribution in [1.29, 1.82) is 0 Å². The minimum atomic E-state index is -0.294. The number of H-pyrrole nitrogens is 1. The highest BCUT2D eigenvalue weighted by molar-refractivity contribution is 6.04. The average molecular weight is 392 g/mol. The van der Waals surface area contributed by atoms with Gasteiger partial charge in [0.2, 0.25) is 0 Å². The van der Waals surface area contributed by atoms with Gasteiger partial charge in [-0.15, -0.1) is 0 Å². The Hall–Kier alpha value is -3.39. The van der Waals surface area contributed by atoms with Crippen LogP contribution in [0.25, 0.3) is 11.4 Å². The average Bonchev–Trinajstić information content (AvgIpc) is 3.30. The number of rotatable bonds is 5. The lowest BCUT2D eigenvalue weighted by atomic mass is 10.2. The number of aromatic nitrogens is 3. The number of hydrogen-bond acceptors (Lipinski definition) is 6. The van der Waals surface area contributed by atoms with Crippen LogP contribution in [-0.2, 0) is 0 Å². The van der Waals surface area contributed by atoms with Gasteiger partial charge in [-0.1, -0.05) is 6.07 Å². The van der Waals surface area contributed by atoms with Gasteiger partial charge in [-0.2, -0.15) is 5.10 Å². The molecule has 0 saturated carbocycles. The van der Waals surface area contributed by atoms with E-state index in [4.69, 9.17) is 4.74 Å². The Morgan fingerprint density at radius 1 is 1.14 bits per heavy atom. The molecule has 1 aromatic carbocycles. The molecule has 0 atom stereocenters. The Morgan fingerprint density at radius 3 is 2.69 bits per heavy atom. The normalized spacial score (nSPS) is 14.6. The zero-order valence-corrected chi connectivity index (χ0v) is 16.6. The molecule has 4 rings (SSSR count). The lowest BCUT2D eigenvalue weighted by molar-refractivity contribution is 0.102. The number of piperazine rings is 1. The predicted molar refractivity (Wildman–Crippen MR) is 112 cm³/mol. The summed E-state index contributed by atoms with van der Waals surface area (Å²) in [6.45, 7) is 3.99. The second kappa shape index (κ2) is 8.32. The number of methoxy groups -OCH3 is 1. The van der Waals surface area contributed by atoms with E-state index in [1.807, 2.05) is 30.3 Å². The molecule has 8 nitrogen and oxygen atoms in total. The van der Waals surface area contributed by atoms with Crippen LogP contribution in [0, 0.1) is 0 Å². The minimum absolute atomic E-state index is 0.294. The van der Waals surface area contributed by atoms with Crippen LogP contribution in [0.3, 0.4) is 0 Å². The van der Waals surface area contributed by atoms with E-state index in [0.29, 0.717) is 22.8 Å². The van der Waals surface area contributed by atoms with Crippen molar-refractivity contribution in [2.45, 2.75) is 0 Å². The summed E-state index contributed by atoms with van der Waals surface area (Å²) in [7, 11) is 3.74. The van der Waals surface area contributed by atoms with Crippen molar-refractivity contribution in [3.63, 3.8) is 0 Å². The molecule has 1 fully saturated rings. The molecule has 8 heteroatoms. The molecule has 1 aliphatic heterocycles. The second-order valence-corrected chi connectivity index (χ2v) is 7.01. The minimum Gasteiger partial charge on any atom is -0.494 e. The largest absolute Gasteiger partial charge is 0.494 e. The van der Waals surface area contributed by atoms with Crippen molar-refractivity contribution in [3.8, 4) is 17.1 Å². The van der Waals surface area contributed by atoms with E-state index in [1.54, 1.807) is 25.4 Å². The number of amides is 1. The Kier molecular flexibility index (Phi) is 5.44. The molecule has 1 aliphatic rings. The number of nitrogens with zero attached hydrogens (tertiary/aromatic N) is 4. The van der Waals surface area contributed by atoms with Gasteiger partial charge < -0.3 is 19.9 Å². The van der Waals surface area contributed by atoms with Crippen LogP contribution in [-0.4, -0.2) is 66.3 Å². The monoisotopic (exact) mass is 392 g/mol. The van der Waals surface area contributed by atoms with Crippen molar-refractivity contribution in [1.82, 2.24) is 20.1 Å². The maximum Gasteiger partial charge on any atom is 0.274 e. The molecule has 0 spiro atoms. The van der Waals surface area contributed by atoms with Crippen LogP contribution in [0.4, 0.5) is 11.4 Å². The number of carbonyl (C=O) groups is 1. The van der Waals surface area contributed by atoms with Crippen molar-refractivity contribution in [2.24, 2.45) is 0 Å². The maximum atomic E-state index is 12.8. The quantitative estimate of drug-likeness (QED) is 0.694. The van der Waals surface area contributed by atoms with E-state index in [9.17, 15) is 4.79 Å². The van der Waals surface area contributed by atoms with E-state index in [1.165, 1.54) is 0 Å². The number of ether oxygens (including phenoxy) is 1. The molecular formula is C21H24N6O2. The van der Waals surface area contributed by atoms with Crippen molar-refractivity contribution >= 4 is 17.3 Å². The summed E-state index contributed by atoms with van der Waals surface area (Å²) < 4.78 is 5.53. The molecule has 0 aliphatic carbocycles. The number of carbonyl (C=O) groups excluding carboxylic acids is 1. The summed E-state index contributed by atoms with van der Waals surface area (Å²) >= 11 is 0. The molecule has 0 bridgehead atoms. The second-order valence-electron chi connectivity index (χ2n) is 7.01. The third-order valence-electron chi connectivity index (χ3n) is 5.06. The highest BCUT2D eigenvalue weighted by Gasteiger charge is 2.17. The van der Waals surface area contributed by atoms with Gasteiger partial charge in [0.25, 0.3) is 5.91 Å². The van der Waals surface area contributed by atoms with Crippen LogP contribution < -0.4 is 15.0 Å². The third kappa shape index (κ3) is 4.22. The fourth-order valence-corrected chi connectivity index (χ4v) is 3.34. The number of pyridine rings is 1. The molecule has 2 aromatic heterocycles. The lowest BCUT2D eigenvalue weighted by Crippen LogP contribution is -2.44. The fraction of sp³-hybridized carbons (Fsp3) is 0.286. The smallest absolute Gasteiger partial charge is 0.274 e. The van der Waals surface area contributed by atoms with Gasteiger partial charge in [0.05, 0.1) is 24.2 Å². The Labute approximate surface area is 169 Å². The fourth-order valence-electron chi connectivity index (χ4n) is 3.34. The van der Waals surface area contributed by atoms with Crippen LogP contribution >= 0.6 is 0 Å². The summed E-state index contributed by atoms with van der Waals surface area (Å²) in [5.41, 5.74) is 3.44. The molecular weight excluding hydrogens is 368 g/mol. The van der Waals surface area contributed by atoms with Crippen molar-refractivity contribution in [3.05, 3.63) is 54.4 Å². The Balaban J connectivity index is 1.51. The van der Waals surface area contributed by atoms with Crippen LogP contribution in [0.5, 0.6) is 5.75 Å². The van der Waals surface area contributed by atoms with Crippen LogP contribution in [0.2, 0.25) is 0 Å². The number of anilines is 2. The molecule has 2 N–H and O–H groups in total. The Morgan fingerprint density at radius 2 is 1.97 bits per heavy atom. The number of benzene rings is 1. The highest BCUT2D eigenvalue weighted by Crippen LogP contribution is 2.30. The number of hydrogen-bond donors (Lipinski definition) is 2. The molecule has 3 heterocycles. The van der Waals surface area contributed by atoms with Gasteiger partial charge in [-0.25, -0.2) is 4.98 Å². The number of aromatic amines is 1. The summed E-state index contributed by atoms with van der Waals surface area (Å²) in [5.74, 6) is 0.330. The summed E-state index contributed by atoms with van der Waals surface area (Å²) in [6.07, 6.45) is 1.65. The summed E-state index contributed by atoms with van der Waals surface area (Å²) in [5, 5.41) is 9.69. The van der Waals surface area contributed by atoms with E-state index >= 15 is 0 Å². The van der Waals surface area contributed by atoms with Crippen molar-refractivity contribution < 1.29 is 9.53 Å². The molecule has 1 saturated heterocycles. The van der Waals surface area contributed by atoms with E-state index in [0.717, 1.165) is 37.6 Å². The highest BCUT2D eigenvalue weighted by atomic mass is 16.5. The summed E-state index contributed by atoms with van der Waals surface area (Å²) in [4.78, 5) is 21.8. The van der Waals surface area contributed by atoms with Gasteiger partial charge in [-0.05, 0) is 37.4 Å². The maximum absolute atomic E-state index is 12.8. The third-order valence-corrected chi connectivity index (χ3v) is 5.06. The molecule has 0 radical (unpaired) electrons. The zero-order valence-electron chi connectivity index (χ0n) is 16.6. The van der Waals surface area contributed by atoms with Gasteiger partial charge >= 0.3 is 0 Å². The predicted octanol–water partition coefficient (Wildman–Crippen LogP) is 2.48. The van der Waals surface area contributed by atoms with E-state index in [-0.39, 0.29) is 5.91 Å². The van der Waals surface area contributed by atoms with E-state index in [2.05, 4.69) is 37.3 Å². The molecule has 0 unspecified atom stereocenters. The Bertz CT molecular complexity index is 981. The molecule has 150 valence electrons. The van der Waals surface area contributed by atoms with Crippen LogP contribution in [0.1, 0.15) is 10.5 Å². The summed E-state index contributed by atoms with van der Waals surface area (Å²) in [6, 6.07) is 13.0. The van der Waals surface area contributed by atoms with E-state index < -0.39 is 0 Å². The first kappa shape index (κ1) is 18.9. The molecule has 3 aromatic rings. The SMILES string of the molecule is COc1cc(N2CCN(C)CC2)ccc1NC(=O)c1cccc(-c2ccn[nH]2)n1. The standard InChI is InChI=1S/C21H24N6O2/c1-26-10-12-27(13-11-26)15-6-7-18(20(14-15)29-2)24-21(28)19-5-3-4-16(23-19)17-8-9-22-25-17/h3-9,14H,10-13H2,1-2H3,(H,22,25)(H,24,28). The van der Waals surface area contributed by atoms with Crippen LogP contribution in [0.15, 0.2) is 48.7 Å². The van der Waals surface area contributed by atoms with Gasteiger partial charge in [-0.3, -0.25) is 9.89 Å². The molecule has 29 heavy (non-hydrogen) atoms. The van der Waals surface area contributed by atoms with Gasteiger partial charge in [0, 0.05) is 44.1 Å². The van der Waals surface area contributed by atoms with Crippen molar-refractivity contribution in [2.75, 3.05) is 50.6 Å². The van der Waals surface area contributed by atoms with Gasteiger partial charge in [0.1, 0.15) is 11.4 Å². The first-order valence-electron chi connectivity index (χ1n) is 9.54. The first-order valence-corrected chi connectivity index (χ1v) is 9.54.